The van der Waals surface area contributed by atoms with E-state index in [-0.39, 0.29) is 12.0 Å². The Morgan fingerprint density at radius 1 is 1.00 bits per heavy atom. The molecule has 7 nitrogen and oxygen atoms in total. The second-order valence-electron chi connectivity index (χ2n) is 4.24. The van der Waals surface area contributed by atoms with Gasteiger partial charge in [0.25, 0.3) is 0 Å². The molecule has 20 heavy (non-hydrogen) atoms. The highest BCUT2D eigenvalue weighted by Gasteiger charge is 2.12. The summed E-state index contributed by atoms with van der Waals surface area (Å²) in [7, 11) is 4.56. The van der Waals surface area contributed by atoms with Crippen molar-refractivity contribution in [3.05, 3.63) is 0 Å². The molecule has 0 unspecified atom stereocenters. The summed E-state index contributed by atoms with van der Waals surface area (Å²) in [4.78, 5) is 24.5. The number of nitrogens with one attached hydrogen (secondary N) is 1. The summed E-state index contributed by atoms with van der Waals surface area (Å²) in [6.45, 7) is 2.55. The topological polar surface area (TPSA) is 77.1 Å². The molecule has 0 atom stereocenters. The molecule has 0 aliphatic rings. The zero-order chi connectivity index (χ0) is 15.2. The van der Waals surface area contributed by atoms with Gasteiger partial charge < -0.3 is 24.4 Å². The Hall–Kier alpha value is -1.34. The van der Waals surface area contributed by atoms with Gasteiger partial charge in [-0.05, 0) is 12.8 Å². The van der Waals surface area contributed by atoms with Crippen molar-refractivity contribution < 1.29 is 23.8 Å². The van der Waals surface area contributed by atoms with Gasteiger partial charge in [-0.3, -0.25) is 4.79 Å². The van der Waals surface area contributed by atoms with E-state index in [1.807, 2.05) is 0 Å². The molecule has 0 aliphatic heterocycles. The SMILES string of the molecule is COCCN(CCOC)C(=O)NCCCCC(=O)OC. The third-order valence-corrected chi connectivity index (χ3v) is 2.73. The number of rotatable bonds is 11. The monoisotopic (exact) mass is 290 g/mol. The number of carbonyl (C=O) groups is 2. The highest BCUT2D eigenvalue weighted by atomic mass is 16.5. The first kappa shape index (κ1) is 18.7. The molecular formula is C13H26N2O5. The third-order valence-electron chi connectivity index (χ3n) is 2.73. The highest BCUT2D eigenvalue weighted by molar-refractivity contribution is 5.74. The van der Waals surface area contributed by atoms with Gasteiger partial charge in [-0.15, -0.1) is 0 Å². The first-order valence-corrected chi connectivity index (χ1v) is 6.73. The molecule has 1 N–H and O–H groups in total. The Labute approximate surface area is 120 Å². The van der Waals surface area contributed by atoms with Gasteiger partial charge in [0.05, 0.1) is 20.3 Å². The molecule has 0 spiro atoms. The fraction of sp³-hybridized carbons (Fsp3) is 0.846. The van der Waals surface area contributed by atoms with Crippen LogP contribution in [0.25, 0.3) is 0 Å². The number of hydrogen-bond donors (Lipinski definition) is 1. The molecule has 0 aromatic rings. The largest absolute Gasteiger partial charge is 0.469 e. The molecule has 0 radical (unpaired) electrons. The molecule has 0 saturated heterocycles. The van der Waals surface area contributed by atoms with Crippen LogP contribution in [-0.4, -0.2) is 71.1 Å². The van der Waals surface area contributed by atoms with E-state index < -0.39 is 0 Å². The average Bonchev–Trinajstić information content (AvgIpc) is 2.46. The van der Waals surface area contributed by atoms with Crippen molar-refractivity contribution in [2.45, 2.75) is 19.3 Å². The fourth-order valence-electron chi connectivity index (χ4n) is 1.52. The standard InChI is InChI=1S/C13H26N2O5/c1-18-10-8-15(9-11-19-2)13(17)14-7-5-4-6-12(16)20-3/h4-11H2,1-3H3,(H,14,17). The maximum Gasteiger partial charge on any atom is 0.317 e. The van der Waals surface area contributed by atoms with Crippen LogP contribution in [0.15, 0.2) is 0 Å². The summed E-state index contributed by atoms with van der Waals surface area (Å²) < 4.78 is 14.5. The molecule has 0 saturated carbocycles. The van der Waals surface area contributed by atoms with Crippen LogP contribution in [0.5, 0.6) is 0 Å². The van der Waals surface area contributed by atoms with Gasteiger partial charge >= 0.3 is 12.0 Å². The van der Waals surface area contributed by atoms with E-state index in [9.17, 15) is 9.59 Å². The van der Waals surface area contributed by atoms with Crippen molar-refractivity contribution in [3.8, 4) is 0 Å². The fourth-order valence-corrected chi connectivity index (χ4v) is 1.52. The Morgan fingerprint density at radius 2 is 1.60 bits per heavy atom. The van der Waals surface area contributed by atoms with Crippen LogP contribution in [0, 0.1) is 0 Å². The summed E-state index contributed by atoms with van der Waals surface area (Å²) in [5.41, 5.74) is 0. The van der Waals surface area contributed by atoms with Gasteiger partial charge in [-0.25, -0.2) is 4.79 Å². The first-order chi connectivity index (χ1) is 9.65. The summed E-state index contributed by atoms with van der Waals surface area (Å²) in [6, 6.07) is -0.142. The smallest absolute Gasteiger partial charge is 0.317 e. The van der Waals surface area contributed by atoms with E-state index in [0.29, 0.717) is 45.7 Å². The number of nitrogens with zero attached hydrogens (tertiary/aromatic N) is 1. The molecule has 0 rings (SSSR count). The Bertz CT molecular complexity index is 265. The van der Waals surface area contributed by atoms with Crippen LogP contribution in [-0.2, 0) is 19.0 Å². The van der Waals surface area contributed by atoms with E-state index in [0.717, 1.165) is 6.42 Å². The summed E-state index contributed by atoms with van der Waals surface area (Å²) in [5, 5.41) is 2.82. The first-order valence-electron chi connectivity index (χ1n) is 6.73. The predicted octanol–water partition coefficient (Wildman–Crippen LogP) is 0.634. The van der Waals surface area contributed by atoms with Crippen molar-refractivity contribution >= 4 is 12.0 Å². The summed E-state index contributed by atoms with van der Waals surface area (Å²) in [5.74, 6) is -0.224. The van der Waals surface area contributed by atoms with Gasteiger partial charge in [0.2, 0.25) is 0 Å². The van der Waals surface area contributed by atoms with Gasteiger partial charge in [-0.2, -0.15) is 0 Å². The van der Waals surface area contributed by atoms with Crippen LogP contribution in [0.3, 0.4) is 0 Å². The van der Waals surface area contributed by atoms with E-state index in [4.69, 9.17) is 9.47 Å². The normalized spacial score (nSPS) is 10.2. The zero-order valence-electron chi connectivity index (χ0n) is 12.6. The lowest BCUT2D eigenvalue weighted by Crippen LogP contribution is -2.43. The van der Waals surface area contributed by atoms with Crippen molar-refractivity contribution in [1.29, 1.82) is 0 Å². The number of urea groups is 1. The van der Waals surface area contributed by atoms with Crippen LogP contribution < -0.4 is 5.32 Å². The third kappa shape index (κ3) is 9.57. The number of amides is 2. The van der Waals surface area contributed by atoms with Gasteiger partial charge in [0, 0.05) is 40.3 Å². The lowest BCUT2D eigenvalue weighted by molar-refractivity contribution is -0.140. The number of unbranched alkanes of at least 4 members (excludes halogenated alkanes) is 1. The van der Waals surface area contributed by atoms with Gasteiger partial charge in [-0.1, -0.05) is 0 Å². The van der Waals surface area contributed by atoms with Crippen molar-refractivity contribution in [2.75, 3.05) is 54.2 Å². The molecule has 2 amide bonds. The average molecular weight is 290 g/mol. The molecule has 0 fully saturated rings. The van der Waals surface area contributed by atoms with E-state index in [2.05, 4.69) is 10.1 Å². The highest BCUT2D eigenvalue weighted by Crippen LogP contribution is 1.97. The Kier molecular flexibility index (Phi) is 11.8. The maximum atomic E-state index is 11.9. The Balaban J connectivity index is 3.84. The van der Waals surface area contributed by atoms with Crippen LogP contribution >= 0.6 is 0 Å². The minimum Gasteiger partial charge on any atom is -0.469 e. The second-order valence-corrected chi connectivity index (χ2v) is 4.24. The van der Waals surface area contributed by atoms with Gasteiger partial charge in [0.15, 0.2) is 0 Å². The molecule has 0 bridgehead atoms. The minimum absolute atomic E-state index is 0.142. The second kappa shape index (κ2) is 12.7. The van der Waals surface area contributed by atoms with E-state index >= 15 is 0 Å². The van der Waals surface area contributed by atoms with Crippen molar-refractivity contribution in [2.24, 2.45) is 0 Å². The maximum absolute atomic E-state index is 11.9. The molecule has 0 aromatic heterocycles. The molecule has 118 valence electrons. The summed E-state index contributed by atoms with van der Waals surface area (Å²) >= 11 is 0. The van der Waals surface area contributed by atoms with E-state index in [1.54, 1.807) is 19.1 Å². The zero-order valence-corrected chi connectivity index (χ0v) is 12.6. The van der Waals surface area contributed by atoms with Crippen LogP contribution in [0.2, 0.25) is 0 Å². The molecule has 7 heteroatoms. The molecular weight excluding hydrogens is 264 g/mol. The predicted molar refractivity (Wildman–Crippen MR) is 74.6 cm³/mol. The van der Waals surface area contributed by atoms with Crippen LogP contribution in [0.4, 0.5) is 4.79 Å². The Morgan fingerprint density at radius 3 is 2.10 bits per heavy atom. The van der Waals surface area contributed by atoms with Crippen molar-refractivity contribution in [1.82, 2.24) is 10.2 Å². The minimum atomic E-state index is -0.224. The number of hydrogen-bond acceptors (Lipinski definition) is 5. The quantitative estimate of drug-likeness (QED) is 0.446. The number of methoxy groups -OCH3 is 3. The van der Waals surface area contributed by atoms with E-state index in [1.165, 1.54) is 7.11 Å². The molecule has 0 heterocycles. The number of esters is 1. The summed E-state index contributed by atoms with van der Waals surface area (Å²) in [6.07, 6.45) is 1.82. The molecule has 0 aliphatic carbocycles. The van der Waals surface area contributed by atoms with Crippen molar-refractivity contribution in [3.63, 3.8) is 0 Å². The lowest BCUT2D eigenvalue weighted by atomic mass is 10.2. The number of ether oxygens (including phenoxy) is 3. The molecule has 0 aromatic carbocycles. The number of carbonyl (C=O) groups excluding carboxylic acids is 2. The van der Waals surface area contributed by atoms with Gasteiger partial charge in [0.1, 0.15) is 0 Å². The lowest BCUT2D eigenvalue weighted by Gasteiger charge is -2.22. The van der Waals surface area contributed by atoms with Crippen LogP contribution in [0.1, 0.15) is 19.3 Å².